The van der Waals surface area contributed by atoms with Crippen molar-refractivity contribution in [3.8, 4) is 5.75 Å². The first kappa shape index (κ1) is 14.9. The number of halogens is 1. The Morgan fingerprint density at radius 2 is 1.85 bits per heavy atom. The van der Waals surface area contributed by atoms with Crippen molar-refractivity contribution in [1.82, 2.24) is 5.32 Å². The van der Waals surface area contributed by atoms with Crippen molar-refractivity contribution in [2.24, 2.45) is 0 Å². The van der Waals surface area contributed by atoms with Gasteiger partial charge < -0.3 is 10.1 Å². The van der Waals surface area contributed by atoms with Gasteiger partial charge in [0, 0.05) is 5.02 Å². The lowest BCUT2D eigenvalue weighted by Gasteiger charge is -2.20. The van der Waals surface area contributed by atoms with Crippen molar-refractivity contribution >= 4 is 11.6 Å². The van der Waals surface area contributed by atoms with Crippen LogP contribution in [-0.4, -0.2) is 13.7 Å². The smallest absolute Gasteiger partial charge is 0.118 e. The average Bonchev–Trinajstić information content (AvgIpc) is 2.46. The van der Waals surface area contributed by atoms with Gasteiger partial charge in [-0.1, -0.05) is 42.8 Å². The standard InChI is InChI=1S/C17H20ClNO/c1-4-19-17(13-6-8-14(20-3)9-7-13)15-10-5-12(2)11-16(15)18/h5-11,17,19H,4H2,1-3H3. The molecule has 0 spiro atoms. The molecule has 0 fully saturated rings. The van der Waals surface area contributed by atoms with Gasteiger partial charge in [-0.3, -0.25) is 0 Å². The summed E-state index contributed by atoms with van der Waals surface area (Å²) in [7, 11) is 1.67. The molecule has 0 saturated carbocycles. The molecular weight excluding hydrogens is 270 g/mol. The fourth-order valence-electron chi connectivity index (χ4n) is 2.27. The number of methoxy groups -OCH3 is 1. The summed E-state index contributed by atoms with van der Waals surface area (Å²) in [5, 5.41) is 4.29. The predicted molar refractivity (Wildman–Crippen MR) is 84.7 cm³/mol. The maximum Gasteiger partial charge on any atom is 0.118 e. The Morgan fingerprint density at radius 1 is 1.15 bits per heavy atom. The van der Waals surface area contributed by atoms with Crippen molar-refractivity contribution in [1.29, 1.82) is 0 Å². The maximum absolute atomic E-state index is 6.40. The topological polar surface area (TPSA) is 21.3 Å². The summed E-state index contributed by atoms with van der Waals surface area (Å²) in [4.78, 5) is 0. The van der Waals surface area contributed by atoms with Crippen LogP contribution in [0.25, 0.3) is 0 Å². The van der Waals surface area contributed by atoms with Gasteiger partial charge in [-0.25, -0.2) is 0 Å². The van der Waals surface area contributed by atoms with Gasteiger partial charge in [-0.05, 0) is 48.4 Å². The van der Waals surface area contributed by atoms with Gasteiger partial charge in [0.25, 0.3) is 0 Å². The lowest BCUT2D eigenvalue weighted by molar-refractivity contribution is 0.414. The second kappa shape index (κ2) is 6.78. The molecule has 2 nitrogen and oxygen atoms in total. The molecule has 0 aliphatic rings. The van der Waals surface area contributed by atoms with Gasteiger partial charge in [0.2, 0.25) is 0 Å². The van der Waals surface area contributed by atoms with Crippen LogP contribution in [0, 0.1) is 6.92 Å². The molecule has 0 aromatic heterocycles. The normalized spacial score (nSPS) is 12.2. The van der Waals surface area contributed by atoms with Crippen LogP contribution in [0.3, 0.4) is 0 Å². The number of aryl methyl sites for hydroxylation is 1. The van der Waals surface area contributed by atoms with E-state index in [1.807, 2.05) is 25.1 Å². The SMILES string of the molecule is CCNC(c1ccc(OC)cc1)c1ccc(C)cc1Cl. The summed E-state index contributed by atoms with van der Waals surface area (Å²) in [6.07, 6.45) is 0. The molecule has 0 saturated heterocycles. The summed E-state index contributed by atoms with van der Waals surface area (Å²) < 4.78 is 5.21. The first-order chi connectivity index (χ1) is 9.65. The Labute approximate surface area is 125 Å². The molecule has 2 aromatic carbocycles. The van der Waals surface area contributed by atoms with Crippen LogP contribution in [0.1, 0.15) is 29.7 Å². The van der Waals surface area contributed by atoms with Crippen LogP contribution in [0.2, 0.25) is 5.02 Å². The Morgan fingerprint density at radius 3 is 2.40 bits per heavy atom. The largest absolute Gasteiger partial charge is 0.497 e. The zero-order valence-corrected chi connectivity index (χ0v) is 12.9. The maximum atomic E-state index is 6.40. The summed E-state index contributed by atoms with van der Waals surface area (Å²) in [5.74, 6) is 0.860. The summed E-state index contributed by atoms with van der Waals surface area (Å²) in [5.41, 5.74) is 3.45. The van der Waals surface area contributed by atoms with E-state index in [1.165, 1.54) is 11.1 Å². The lowest BCUT2D eigenvalue weighted by Crippen LogP contribution is -2.22. The van der Waals surface area contributed by atoms with E-state index in [2.05, 4.69) is 36.5 Å². The lowest BCUT2D eigenvalue weighted by atomic mass is 9.97. The third-order valence-electron chi connectivity index (χ3n) is 3.32. The Bertz CT molecular complexity index is 566. The van der Waals surface area contributed by atoms with E-state index in [0.717, 1.165) is 22.9 Å². The molecule has 0 bridgehead atoms. The monoisotopic (exact) mass is 289 g/mol. The van der Waals surface area contributed by atoms with Gasteiger partial charge >= 0.3 is 0 Å². The second-order valence-corrected chi connectivity index (χ2v) is 5.20. The van der Waals surface area contributed by atoms with Crippen LogP contribution in [0.4, 0.5) is 0 Å². The number of hydrogen-bond donors (Lipinski definition) is 1. The van der Waals surface area contributed by atoms with E-state index in [9.17, 15) is 0 Å². The van der Waals surface area contributed by atoms with Gasteiger partial charge in [-0.2, -0.15) is 0 Å². The Hall–Kier alpha value is -1.51. The molecule has 0 aliphatic carbocycles. The number of ether oxygens (including phenoxy) is 1. The summed E-state index contributed by atoms with van der Waals surface area (Å²) in [6.45, 7) is 5.02. The van der Waals surface area contributed by atoms with Gasteiger partial charge in [0.05, 0.1) is 13.2 Å². The summed E-state index contributed by atoms with van der Waals surface area (Å²) >= 11 is 6.40. The van der Waals surface area contributed by atoms with E-state index >= 15 is 0 Å². The van der Waals surface area contributed by atoms with Crippen molar-refractivity contribution in [3.63, 3.8) is 0 Å². The van der Waals surface area contributed by atoms with Crippen LogP contribution in [0.5, 0.6) is 5.75 Å². The molecule has 1 unspecified atom stereocenters. The highest BCUT2D eigenvalue weighted by atomic mass is 35.5. The minimum absolute atomic E-state index is 0.0963. The van der Waals surface area contributed by atoms with Crippen molar-refractivity contribution < 1.29 is 4.74 Å². The molecule has 1 N–H and O–H groups in total. The van der Waals surface area contributed by atoms with E-state index in [0.29, 0.717) is 0 Å². The van der Waals surface area contributed by atoms with Gasteiger partial charge in [0.1, 0.15) is 5.75 Å². The van der Waals surface area contributed by atoms with E-state index in [1.54, 1.807) is 7.11 Å². The average molecular weight is 290 g/mol. The minimum atomic E-state index is 0.0963. The predicted octanol–water partition coefficient (Wildman–Crippen LogP) is 4.36. The number of rotatable bonds is 5. The van der Waals surface area contributed by atoms with E-state index in [4.69, 9.17) is 16.3 Å². The fourth-order valence-corrected chi connectivity index (χ4v) is 2.62. The Balaban J connectivity index is 2.38. The van der Waals surface area contributed by atoms with E-state index in [-0.39, 0.29) is 6.04 Å². The van der Waals surface area contributed by atoms with Crippen LogP contribution >= 0.6 is 11.6 Å². The molecule has 106 valence electrons. The van der Waals surface area contributed by atoms with Crippen molar-refractivity contribution in [2.45, 2.75) is 19.9 Å². The quantitative estimate of drug-likeness (QED) is 0.883. The zero-order chi connectivity index (χ0) is 14.5. The zero-order valence-electron chi connectivity index (χ0n) is 12.1. The highest BCUT2D eigenvalue weighted by Crippen LogP contribution is 2.30. The number of hydrogen-bond acceptors (Lipinski definition) is 2. The van der Waals surface area contributed by atoms with Crippen LogP contribution in [0.15, 0.2) is 42.5 Å². The fraction of sp³-hybridized carbons (Fsp3) is 0.294. The number of nitrogens with one attached hydrogen (secondary N) is 1. The first-order valence-corrected chi connectivity index (χ1v) is 7.17. The summed E-state index contributed by atoms with van der Waals surface area (Å²) in [6, 6.07) is 14.4. The van der Waals surface area contributed by atoms with Gasteiger partial charge in [0.15, 0.2) is 0 Å². The van der Waals surface area contributed by atoms with Crippen molar-refractivity contribution in [2.75, 3.05) is 13.7 Å². The second-order valence-electron chi connectivity index (χ2n) is 4.79. The molecule has 3 heteroatoms. The molecule has 2 aromatic rings. The molecule has 20 heavy (non-hydrogen) atoms. The van der Waals surface area contributed by atoms with Crippen LogP contribution in [-0.2, 0) is 0 Å². The third-order valence-corrected chi connectivity index (χ3v) is 3.65. The molecule has 1 atom stereocenters. The highest BCUT2D eigenvalue weighted by molar-refractivity contribution is 6.31. The highest BCUT2D eigenvalue weighted by Gasteiger charge is 2.16. The molecule has 2 rings (SSSR count). The third kappa shape index (κ3) is 3.33. The van der Waals surface area contributed by atoms with Crippen molar-refractivity contribution in [3.05, 3.63) is 64.2 Å². The van der Waals surface area contributed by atoms with Gasteiger partial charge in [-0.15, -0.1) is 0 Å². The van der Waals surface area contributed by atoms with Crippen LogP contribution < -0.4 is 10.1 Å². The number of benzene rings is 2. The van der Waals surface area contributed by atoms with E-state index < -0.39 is 0 Å². The molecule has 0 radical (unpaired) electrons. The molecular formula is C17H20ClNO. The molecule has 0 aliphatic heterocycles. The molecule has 0 amide bonds. The first-order valence-electron chi connectivity index (χ1n) is 6.79. The Kier molecular flexibility index (Phi) is 5.05. The molecule has 0 heterocycles. The minimum Gasteiger partial charge on any atom is -0.497 e.